The van der Waals surface area contributed by atoms with Crippen molar-refractivity contribution < 1.29 is 22.8 Å². The van der Waals surface area contributed by atoms with Gasteiger partial charge < -0.3 is 10.6 Å². The molecule has 2 aromatic carbocycles. The molecule has 1 aliphatic rings. The zero-order chi connectivity index (χ0) is 22.1. The Hall–Kier alpha value is -3.24. The fourth-order valence-electron chi connectivity index (χ4n) is 3.07. The van der Waals surface area contributed by atoms with Gasteiger partial charge >= 0.3 is 6.03 Å². The molecule has 3 rings (SSSR count). The molecular weight excluding hydrogens is 408 g/mol. The van der Waals surface area contributed by atoms with Crippen LogP contribution < -0.4 is 10.6 Å². The van der Waals surface area contributed by atoms with Crippen LogP contribution in [0.25, 0.3) is 0 Å². The van der Waals surface area contributed by atoms with Gasteiger partial charge in [0.05, 0.1) is 4.90 Å². The standard InChI is InChI=1S/C20H22N4O5S/c1-20(14-7-5-4-6-8-14)18(26)24(19(27)22-20)13-17(25)21-15-9-11-16(12-10-15)30(28,29)23(2)3/h4-12H,13H2,1-3H3,(H,21,25)(H,22,27)/t20-/m0/s1. The highest BCUT2D eigenvalue weighted by atomic mass is 32.2. The van der Waals surface area contributed by atoms with E-state index in [1.54, 1.807) is 37.3 Å². The third-order valence-corrected chi connectivity index (χ3v) is 6.67. The molecule has 1 fully saturated rings. The molecule has 1 aliphatic heterocycles. The Morgan fingerprint density at radius 1 is 1.07 bits per heavy atom. The van der Waals surface area contributed by atoms with Crippen LogP contribution in [0.3, 0.4) is 0 Å². The van der Waals surface area contributed by atoms with Gasteiger partial charge in [0, 0.05) is 19.8 Å². The zero-order valence-electron chi connectivity index (χ0n) is 16.7. The van der Waals surface area contributed by atoms with E-state index in [0.717, 1.165) is 9.21 Å². The lowest BCUT2D eigenvalue weighted by Crippen LogP contribution is -2.42. The van der Waals surface area contributed by atoms with Crippen LogP contribution in [0, 0.1) is 0 Å². The first-order chi connectivity index (χ1) is 14.1. The molecule has 0 aliphatic carbocycles. The number of hydrogen-bond acceptors (Lipinski definition) is 5. The molecule has 158 valence electrons. The maximum atomic E-state index is 12.8. The van der Waals surface area contributed by atoms with Crippen molar-refractivity contribution in [2.24, 2.45) is 0 Å². The average Bonchev–Trinajstić information content (AvgIpc) is 2.93. The Bertz CT molecular complexity index is 1080. The van der Waals surface area contributed by atoms with Crippen molar-refractivity contribution in [3.63, 3.8) is 0 Å². The molecule has 0 spiro atoms. The van der Waals surface area contributed by atoms with E-state index in [2.05, 4.69) is 10.6 Å². The Labute approximate surface area is 174 Å². The summed E-state index contributed by atoms with van der Waals surface area (Å²) in [6.45, 7) is 1.12. The molecule has 2 N–H and O–H groups in total. The predicted molar refractivity (Wildman–Crippen MR) is 110 cm³/mol. The van der Waals surface area contributed by atoms with E-state index in [1.165, 1.54) is 38.4 Å². The van der Waals surface area contributed by atoms with E-state index >= 15 is 0 Å². The zero-order valence-corrected chi connectivity index (χ0v) is 17.6. The van der Waals surface area contributed by atoms with Crippen molar-refractivity contribution in [2.75, 3.05) is 26.0 Å². The van der Waals surface area contributed by atoms with E-state index in [1.807, 2.05) is 0 Å². The summed E-state index contributed by atoms with van der Waals surface area (Å²) in [5.41, 5.74) is -0.291. The number of rotatable bonds is 6. The molecule has 0 saturated carbocycles. The maximum absolute atomic E-state index is 12.8. The largest absolute Gasteiger partial charge is 0.325 e. The van der Waals surface area contributed by atoms with Crippen molar-refractivity contribution in [3.8, 4) is 0 Å². The third-order valence-electron chi connectivity index (χ3n) is 4.84. The van der Waals surface area contributed by atoms with E-state index in [9.17, 15) is 22.8 Å². The van der Waals surface area contributed by atoms with Crippen molar-refractivity contribution >= 4 is 33.6 Å². The molecular formula is C20H22N4O5S. The topological polar surface area (TPSA) is 116 Å². The van der Waals surface area contributed by atoms with E-state index < -0.39 is 40.0 Å². The fraction of sp³-hybridized carbons (Fsp3) is 0.250. The van der Waals surface area contributed by atoms with Gasteiger partial charge in [0.2, 0.25) is 15.9 Å². The number of benzene rings is 2. The van der Waals surface area contributed by atoms with E-state index in [0.29, 0.717) is 11.3 Å². The number of hydrogen-bond donors (Lipinski definition) is 2. The lowest BCUT2D eigenvalue weighted by molar-refractivity contribution is -0.133. The fourth-order valence-corrected chi connectivity index (χ4v) is 3.97. The summed E-state index contributed by atoms with van der Waals surface area (Å²) in [6.07, 6.45) is 0. The predicted octanol–water partition coefficient (Wildman–Crippen LogP) is 1.34. The lowest BCUT2D eigenvalue weighted by Gasteiger charge is -2.22. The Balaban J connectivity index is 1.69. The first-order valence-corrected chi connectivity index (χ1v) is 10.5. The maximum Gasteiger partial charge on any atom is 0.325 e. The van der Waals surface area contributed by atoms with Gasteiger partial charge in [-0.05, 0) is 36.8 Å². The highest BCUT2D eigenvalue weighted by Crippen LogP contribution is 2.28. The van der Waals surface area contributed by atoms with Gasteiger partial charge in [-0.2, -0.15) is 0 Å². The van der Waals surface area contributed by atoms with Crippen molar-refractivity contribution in [1.29, 1.82) is 0 Å². The molecule has 0 unspecified atom stereocenters. The number of nitrogens with one attached hydrogen (secondary N) is 2. The van der Waals surface area contributed by atoms with Gasteiger partial charge in [0.15, 0.2) is 0 Å². The minimum absolute atomic E-state index is 0.0817. The minimum atomic E-state index is -3.58. The van der Waals surface area contributed by atoms with Crippen LogP contribution in [0.5, 0.6) is 0 Å². The van der Waals surface area contributed by atoms with Gasteiger partial charge in [-0.1, -0.05) is 30.3 Å². The van der Waals surface area contributed by atoms with Crippen LogP contribution in [-0.2, 0) is 25.2 Å². The summed E-state index contributed by atoms with van der Waals surface area (Å²) in [5.74, 6) is -1.11. The molecule has 10 heteroatoms. The van der Waals surface area contributed by atoms with Crippen LogP contribution >= 0.6 is 0 Å². The summed E-state index contributed by atoms with van der Waals surface area (Å²) in [5, 5.41) is 5.20. The number of nitrogens with zero attached hydrogens (tertiary/aromatic N) is 2. The summed E-state index contributed by atoms with van der Waals surface area (Å²) in [6, 6.07) is 13.7. The Kier molecular flexibility index (Phi) is 5.64. The summed E-state index contributed by atoms with van der Waals surface area (Å²) in [4.78, 5) is 38.5. The SMILES string of the molecule is CN(C)S(=O)(=O)c1ccc(NC(=O)CN2C(=O)N[C@@](C)(c3ccccc3)C2=O)cc1. The Morgan fingerprint density at radius 3 is 2.23 bits per heavy atom. The molecule has 0 bridgehead atoms. The van der Waals surface area contributed by atoms with Crippen molar-refractivity contribution in [3.05, 3.63) is 60.2 Å². The van der Waals surface area contributed by atoms with Crippen molar-refractivity contribution in [2.45, 2.75) is 17.4 Å². The van der Waals surface area contributed by atoms with E-state index in [4.69, 9.17) is 0 Å². The molecule has 1 saturated heterocycles. The van der Waals surface area contributed by atoms with Gasteiger partial charge in [-0.15, -0.1) is 0 Å². The first kappa shape index (κ1) is 21.5. The van der Waals surface area contributed by atoms with Crippen LogP contribution in [0.2, 0.25) is 0 Å². The summed E-state index contributed by atoms with van der Waals surface area (Å²) >= 11 is 0. The summed E-state index contributed by atoms with van der Waals surface area (Å²) in [7, 11) is -0.734. The number of carbonyl (C=O) groups excluding carboxylic acids is 3. The molecule has 30 heavy (non-hydrogen) atoms. The lowest BCUT2D eigenvalue weighted by atomic mass is 9.92. The highest BCUT2D eigenvalue weighted by Gasteiger charge is 2.49. The second-order valence-electron chi connectivity index (χ2n) is 7.17. The second-order valence-corrected chi connectivity index (χ2v) is 9.32. The molecule has 2 aromatic rings. The van der Waals surface area contributed by atoms with Gasteiger partial charge in [0.25, 0.3) is 5.91 Å². The van der Waals surface area contributed by atoms with E-state index in [-0.39, 0.29) is 4.90 Å². The quantitative estimate of drug-likeness (QED) is 0.671. The number of anilines is 1. The molecule has 1 atom stereocenters. The van der Waals surface area contributed by atoms with Crippen LogP contribution in [-0.4, -0.2) is 56.1 Å². The van der Waals surface area contributed by atoms with Gasteiger partial charge in [0.1, 0.15) is 12.1 Å². The molecule has 0 radical (unpaired) electrons. The molecule has 1 heterocycles. The molecule has 9 nitrogen and oxygen atoms in total. The molecule has 0 aromatic heterocycles. The minimum Gasteiger partial charge on any atom is -0.325 e. The second kappa shape index (κ2) is 7.88. The smallest absolute Gasteiger partial charge is 0.325 e. The average molecular weight is 430 g/mol. The summed E-state index contributed by atoms with van der Waals surface area (Å²) < 4.78 is 25.3. The van der Waals surface area contributed by atoms with Crippen LogP contribution in [0.4, 0.5) is 10.5 Å². The highest BCUT2D eigenvalue weighted by molar-refractivity contribution is 7.89. The normalized spacial score (nSPS) is 19.1. The molecule has 4 amide bonds. The van der Waals surface area contributed by atoms with Crippen LogP contribution in [0.15, 0.2) is 59.5 Å². The number of sulfonamides is 1. The van der Waals surface area contributed by atoms with Crippen LogP contribution in [0.1, 0.15) is 12.5 Å². The van der Waals surface area contributed by atoms with Gasteiger partial charge in [-0.3, -0.25) is 14.5 Å². The third kappa shape index (κ3) is 3.91. The monoisotopic (exact) mass is 430 g/mol. The number of urea groups is 1. The number of carbonyl (C=O) groups is 3. The van der Waals surface area contributed by atoms with Crippen molar-refractivity contribution in [1.82, 2.24) is 14.5 Å². The number of imide groups is 1. The Morgan fingerprint density at radius 2 is 1.67 bits per heavy atom. The van der Waals surface area contributed by atoms with Gasteiger partial charge in [-0.25, -0.2) is 17.5 Å². The number of amides is 4. The first-order valence-electron chi connectivity index (χ1n) is 9.08.